The number of esters is 2. The van der Waals surface area contributed by atoms with E-state index in [1.54, 1.807) is 59.6 Å². The van der Waals surface area contributed by atoms with Gasteiger partial charge >= 0.3 is 11.9 Å². The Balaban J connectivity index is 0.000000172. The minimum Gasteiger partial charge on any atom is -0.493 e. The molecule has 56 heavy (non-hydrogen) atoms. The summed E-state index contributed by atoms with van der Waals surface area (Å²) in [7, 11) is 2.82. The number of thiophene rings is 2. The lowest BCUT2D eigenvalue weighted by molar-refractivity contribution is 0.0590. The van der Waals surface area contributed by atoms with Crippen LogP contribution in [0.15, 0.2) is 96.2 Å². The second-order valence-corrected chi connectivity index (χ2v) is 16.3. The number of ether oxygens (including phenoxy) is 4. The van der Waals surface area contributed by atoms with E-state index in [1.165, 1.54) is 57.4 Å². The number of benzene rings is 2. The van der Waals surface area contributed by atoms with Crippen LogP contribution >= 0.6 is 22.7 Å². The number of aryl methyl sites for hydroxylation is 4. The van der Waals surface area contributed by atoms with Crippen LogP contribution in [0, 0.1) is 13.8 Å². The Morgan fingerprint density at radius 3 is 1.50 bits per heavy atom. The molecule has 0 saturated carbocycles. The molecule has 2 atom stereocenters. The fraction of sp³-hybridized carbons (Fsp3) is 0.304. The third kappa shape index (κ3) is 8.72. The van der Waals surface area contributed by atoms with Crippen LogP contribution in [0.5, 0.6) is 11.5 Å². The zero-order valence-corrected chi connectivity index (χ0v) is 33.8. The highest BCUT2D eigenvalue weighted by atomic mass is 32.1. The Morgan fingerprint density at radius 2 is 1.11 bits per heavy atom. The molecular weight excluding hydrogens is 741 g/mol. The summed E-state index contributed by atoms with van der Waals surface area (Å²) in [5.41, 5.74) is 10.6. The number of fused-ring (bicyclic) bond motifs is 2. The third-order valence-electron chi connectivity index (χ3n) is 10.8. The van der Waals surface area contributed by atoms with Gasteiger partial charge in [0.1, 0.15) is 11.5 Å². The molecule has 6 heterocycles. The number of nitrogens with zero attached hydrogens (tertiary/aromatic N) is 2. The van der Waals surface area contributed by atoms with Gasteiger partial charge in [0.2, 0.25) is 0 Å². The number of methoxy groups -OCH3 is 2. The van der Waals surface area contributed by atoms with Gasteiger partial charge in [-0.3, -0.25) is 9.97 Å². The van der Waals surface area contributed by atoms with Crippen molar-refractivity contribution in [2.24, 2.45) is 0 Å². The van der Waals surface area contributed by atoms with Crippen LogP contribution in [0.4, 0.5) is 0 Å². The highest BCUT2D eigenvalue weighted by Gasteiger charge is 2.25. The lowest BCUT2D eigenvalue weighted by Gasteiger charge is -2.26. The van der Waals surface area contributed by atoms with E-state index in [4.69, 9.17) is 18.9 Å². The molecule has 288 valence electrons. The topological polar surface area (TPSA) is 96.8 Å². The summed E-state index contributed by atoms with van der Waals surface area (Å²) in [5.74, 6) is 2.18. The summed E-state index contributed by atoms with van der Waals surface area (Å²) >= 11 is 3.53. The largest absolute Gasteiger partial charge is 0.493 e. The Kier molecular flexibility index (Phi) is 12.6. The summed E-state index contributed by atoms with van der Waals surface area (Å²) in [6, 6.07) is 20.9. The first kappa shape index (κ1) is 38.9. The fourth-order valence-electron chi connectivity index (χ4n) is 7.76. The van der Waals surface area contributed by atoms with Gasteiger partial charge in [-0.2, -0.15) is 0 Å². The van der Waals surface area contributed by atoms with E-state index in [0.717, 1.165) is 74.4 Å². The van der Waals surface area contributed by atoms with Gasteiger partial charge in [-0.1, -0.05) is 24.3 Å². The normalized spacial score (nSPS) is 15.6. The molecule has 6 aromatic rings. The van der Waals surface area contributed by atoms with Crippen LogP contribution in [0.1, 0.15) is 90.2 Å². The molecule has 0 radical (unpaired) electrons. The highest BCUT2D eigenvalue weighted by Crippen LogP contribution is 2.42. The Hall–Kier alpha value is -5.32. The van der Waals surface area contributed by atoms with Gasteiger partial charge in [-0.05, 0) is 156 Å². The van der Waals surface area contributed by atoms with E-state index >= 15 is 0 Å². The molecule has 0 saturated heterocycles. The first-order chi connectivity index (χ1) is 27.3. The third-order valence-corrected chi connectivity index (χ3v) is 12.5. The molecule has 0 aliphatic carbocycles. The van der Waals surface area contributed by atoms with Crippen molar-refractivity contribution in [2.75, 3.05) is 27.4 Å². The van der Waals surface area contributed by atoms with Crippen LogP contribution in [0.25, 0.3) is 22.3 Å². The van der Waals surface area contributed by atoms with Crippen LogP contribution < -0.4 is 9.47 Å². The number of hydrogen-bond acceptors (Lipinski definition) is 10. The standard InChI is InChI=1S/2C23H23NO3S/c2*1-15-19(9-12-28-15)17-5-6-20-16(8-11-27-22(20)13-17)3-4-18-14-24-10-7-21(18)23(25)26-2/h2*5-7,9-10,12-14,16H,3-4,8,11H2,1-2H3/t2*16-/m10/s1. The molecule has 0 bridgehead atoms. The van der Waals surface area contributed by atoms with Crippen molar-refractivity contribution in [1.29, 1.82) is 0 Å². The molecule has 8 rings (SSSR count). The molecule has 2 aromatic carbocycles. The first-order valence-corrected chi connectivity index (χ1v) is 20.7. The lowest BCUT2D eigenvalue weighted by Crippen LogP contribution is -2.15. The molecule has 2 aliphatic rings. The SMILES string of the molecule is COC(=O)c1ccncc1CC[C@@H]1CCOc2cc(-c3ccsc3C)ccc21.COC(=O)c1ccncc1CC[C@H]1CCOc2cc(-c3ccsc3C)ccc21. The number of aromatic nitrogens is 2. The summed E-state index contributed by atoms with van der Waals surface area (Å²) in [5, 5.41) is 4.25. The maximum atomic E-state index is 12.0. The van der Waals surface area contributed by atoms with E-state index in [1.807, 2.05) is 0 Å². The average molecular weight is 787 g/mol. The van der Waals surface area contributed by atoms with Gasteiger partial charge in [0.25, 0.3) is 0 Å². The number of carbonyl (C=O) groups excluding carboxylic acids is 2. The second-order valence-electron chi connectivity index (χ2n) is 14.1. The van der Waals surface area contributed by atoms with Crippen LogP contribution in [0.3, 0.4) is 0 Å². The second kappa shape index (κ2) is 18.1. The zero-order valence-electron chi connectivity index (χ0n) is 32.2. The predicted octanol–water partition coefficient (Wildman–Crippen LogP) is 10.8. The van der Waals surface area contributed by atoms with Crippen LogP contribution in [-0.4, -0.2) is 49.3 Å². The molecule has 10 heteroatoms. The zero-order chi connectivity index (χ0) is 39.0. The average Bonchev–Trinajstić information content (AvgIpc) is 3.88. The van der Waals surface area contributed by atoms with Crippen molar-refractivity contribution >= 4 is 34.6 Å². The summed E-state index contributed by atoms with van der Waals surface area (Å²) < 4.78 is 21.8. The monoisotopic (exact) mass is 786 g/mol. The number of hydrogen-bond donors (Lipinski definition) is 0. The van der Waals surface area contributed by atoms with Gasteiger partial charge in [0.15, 0.2) is 0 Å². The van der Waals surface area contributed by atoms with Gasteiger partial charge in [-0.25, -0.2) is 9.59 Å². The van der Waals surface area contributed by atoms with Crippen molar-refractivity contribution < 1.29 is 28.5 Å². The van der Waals surface area contributed by atoms with Crippen molar-refractivity contribution in [2.45, 2.75) is 64.2 Å². The van der Waals surface area contributed by atoms with E-state index < -0.39 is 0 Å². The van der Waals surface area contributed by atoms with Crippen molar-refractivity contribution in [1.82, 2.24) is 9.97 Å². The highest BCUT2D eigenvalue weighted by molar-refractivity contribution is 7.10. The van der Waals surface area contributed by atoms with E-state index in [9.17, 15) is 9.59 Å². The Morgan fingerprint density at radius 1 is 0.661 bits per heavy atom. The molecule has 0 spiro atoms. The maximum Gasteiger partial charge on any atom is 0.338 e. The summed E-state index contributed by atoms with van der Waals surface area (Å²) in [4.78, 5) is 35.0. The fourth-order valence-corrected chi connectivity index (χ4v) is 9.20. The minimum atomic E-state index is -0.305. The maximum absolute atomic E-state index is 12.0. The van der Waals surface area contributed by atoms with Gasteiger partial charge in [-0.15, -0.1) is 22.7 Å². The molecule has 8 nitrogen and oxygen atoms in total. The minimum absolute atomic E-state index is 0.305. The molecule has 0 fully saturated rings. The molecule has 0 unspecified atom stereocenters. The first-order valence-electron chi connectivity index (χ1n) is 19.0. The van der Waals surface area contributed by atoms with Crippen molar-refractivity contribution in [3.63, 3.8) is 0 Å². The number of rotatable bonds is 10. The lowest BCUT2D eigenvalue weighted by atomic mass is 9.86. The van der Waals surface area contributed by atoms with Crippen molar-refractivity contribution in [3.05, 3.63) is 139 Å². The molecule has 2 aliphatic heterocycles. The Bertz CT molecular complexity index is 2150. The van der Waals surface area contributed by atoms with Crippen LogP contribution in [0.2, 0.25) is 0 Å². The van der Waals surface area contributed by atoms with Crippen molar-refractivity contribution in [3.8, 4) is 33.8 Å². The van der Waals surface area contributed by atoms with E-state index in [-0.39, 0.29) is 11.9 Å². The summed E-state index contributed by atoms with van der Waals surface area (Å²) in [6.07, 6.45) is 12.2. The molecule has 0 N–H and O–H groups in total. The molecule has 4 aromatic heterocycles. The number of carbonyl (C=O) groups is 2. The van der Waals surface area contributed by atoms with Gasteiger partial charge in [0, 0.05) is 34.5 Å². The molecular formula is C46H46N2O6S2. The molecule has 0 amide bonds. The predicted molar refractivity (Wildman–Crippen MR) is 222 cm³/mol. The van der Waals surface area contributed by atoms with E-state index in [0.29, 0.717) is 23.0 Å². The smallest absolute Gasteiger partial charge is 0.338 e. The van der Waals surface area contributed by atoms with E-state index in [2.05, 4.69) is 83.1 Å². The Labute approximate surface area is 336 Å². The van der Waals surface area contributed by atoms with Gasteiger partial charge in [0.05, 0.1) is 38.6 Å². The van der Waals surface area contributed by atoms with Gasteiger partial charge < -0.3 is 18.9 Å². The summed E-state index contributed by atoms with van der Waals surface area (Å²) in [6.45, 7) is 5.74. The van der Waals surface area contributed by atoms with Crippen LogP contribution in [-0.2, 0) is 22.3 Å². The quantitative estimate of drug-likeness (QED) is 0.127. The number of pyridine rings is 2.